The van der Waals surface area contributed by atoms with Gasteiger partial charge in [-0.05, 0) is 32.0 Å². The van der Waals surface area contributed by atoms with Crippen molar-refractivity contribution in [1.82, 2.24) is 0 Å². The molecule has 0 N–H and O–H groups in total. The van der Waals surface area contributed by atoms with E-state index in [1.807, 2.05) is 0 Å². The molecule has 0 bridgehead atoms. The van der Waals surface area contributed by atoms with Crippen LogP contribution in [-0.2, 0) is 5.41 Å². The van der Waals surface area contributed by atoms with E-state index in [2.05, 4.69) is 22.0 Å². The van der Waals surface area contributed by atoms with Crippen molar-refractivity contribution in [2.45, 2.75) is 19.3 Å². The Labute approximate surface area is 85.3 Å². The van der Waals surface area contributed by atoms with Crippen molar-refractivity contribution < 1.29 is 4.39 Å². The van der Waals surface area contributed by atoms with E-state index in [1.54, 1.807) is 26.0 Å². The third-order valence-electron chi connectivity index (χ3n) is 1.88. The molecular weight excluding hydrogens is 233 g/mol. The lowest BCUT2D eigenvalue weighted by Gasteiger charge is -2.16. The smallest absolute Gasteiger partial charge is 0.128 e. The second kappa shape index (κ2) is 3.47. The van der Waals surface area contributed by atoms with Crippen LogP contribution in [0.15, 0.2) is 22.7 Å². The van der Waals surface area contributed by atoms with Gasteiger partial charge in [-0.2, -0.15) is 5.26 Å². The molecule has 0 atom stereocenters. The molecule has 13 heavy (non-hydrogen) atoms. The van der Waals surface area contributed by atoms with Crippen LogP contribution in [0.4, 0.5) is 4.39 Å². The Morgan fingerprint density at radius 2 is 2.08 bits per heavy atom. The van der Waals surface area contributed by atoms with Gasteiger partial charge in [0.25, 0.3) is 0 Å². The molecule has 0 aliphatic heterocycles. The van der Waals surface area contributed by atoms with Crippen LogP contribution in [-0.4, -0.2) is 0 Å². The van der Waals surface area contributed by atoms with Crippen molar-refractivity contribution in [2.24, 2.45) is 0 Å². The topological polar surface area (TPSA) is 23.8 Å². The fourth-order valence-electron chi connectivity index (χ4n) is 1.04. The summed E-state index contributed by atoms with van der Waals surface area (Å²) in [5, 5.41) is 8.83. The molecule has 1 rings (SSSR count). The summed E-state index contributed by atoms with van der Waals surface area (Å²) in [5.41, 5.74) is -0.363. The fourth-order valence-corrected chi connectivity index (χ4v) is 1.40. The summed E-state index contributed by atoms with van der Waals surface area (Å²) >= 11 is 3.24. The lowest BCUT2D eigenvalue weighted by Crippen LogP contribution is -2.15. The predicted octanol–water partition coefficient (Wildman–Crippen LogP) is 3.39. The highest BCUT2D eigenvalue weighted by Crippen LogP contribution is 2.27. The Hall–Kier alpha value is -0.880. The van der Waals surface area contributed by atoms with Crippen molar-refractivity contribution in [3.63, 3.8) is 0 Å². The summed E-state index contributed by atoms with van der Waals surface area (Å²) in [7, 11) is 0. The van der Waals surface area contributed by atoms with Gasteiger partial charge >= 0.3 is 0 Å². The Kier molecular flexibility index (Phi) is 2.72. The van der Waals surface area contributed by atoms with Gasteiger partial charge in [0.1, 0.15) is 5.82 Å². The highest BCUT2D eigenvalue weighted by molar-refractivity contribution is 9.10. The van der Waals surface area contributed by atoms with Crippen molar-refractivity contribution in [1.29, 1.82) is 5.26 Å². The zero-order chi connectivity index (χ0) is 10.1. The number of rotatable bonds is 1. The summed E-state index contributed by atoms with van der Waals surface area (Å²) < 4.78 is 14.1. The van der Waals surface area contributed by atoms with E-state index in [0.717, 1.165) is 4.47 Å². The maximum absolute atomic E-state index is 13.3. The first-order valence-electron chi connectivity index (χ1n) is 3.84. The number of hydrogen-bond donors (Lipinski definition) is 0. The molecule has 1 aromatic carbocycles. The van der Waals surface area contributed by atoms with Crippen molar-refractivity contribution in [2.75, 3.05) is 0 Å². The number of nitriles is 1. The van der Waals surface area contributed by atoms with E-state index < -0.39 is 5.41 Å². The molecule has 1 aromatic rings. The van der Waals surface area contributed by atoms with Gasteiger partial charge in [-0.25, -0.2) is 4.39 Å². The van der Waals surface area contributed by atoms with Crippen LogP contribution in [0.3, 0.4) is 0 Å². The number of benzene rings is 1. The lowest BCUT2D eigenvalue weighted by atomic mass is 9.86. The normalized spacial score (nSPS) is 11.0. The minimum atomic E-state index is -0.784. The van der Waals surface area contributed by atoms with Crippen LogP contribution in [0.1, 0.15) is 19.4 Å². The largest absolute Gasteiger partial charge is 0.207 e. The number of hydrogen-bond acceptors (Lipinski definition) is 1. The predicted molar refractivity (Wildman–Crippen MR) is 52.7 cm³/mol. The first-order valence-corrected chi connectivity index (χ1v) is 4.63. The Balaban J connectivity index is 3.30. The maximum Gasteiger partial charge on any atom is 0.128 e. The van der Waals surface area contributed by atoms with Gasteiger partial charge in [0, 0.05) is 10.0 Å². The van der Waals surface area contributed by atoms with Crippen LogP contribution < -0.4 is 0 Å². The van der Waals surface area contributed by atoms with E-state index in [1.165, 1.54) is 6.07 Å². The van der Waals surface area contributed by atoms with Crippen LogP contribution >= 0.6 is 15.9 Å². The van der Waals surface area contributed by atoms with Gasteiger partial charge in [-0.15, -0.1) is 0 Å². The quantitative estimate of drug-likeness (QED) is 0.740. The van der Waals surface area contributed by atoms with Gasteiger partial charge in [0.05, 0.1) is 11.5 Å². The molecule has 0 spiro atoms. The molecule has 0 amide bonds. The van der Waals surface area contributed by atoms with Gasteiger partial charge < -0.3 is 0 Å². The lowest BCUT2D eigenvalue weighted by molar-refractivity contribution is 0.564. The molecule has 0 radical (unpaired) electrons. The molecule has 0 saturated heterocycles. The summed E-state index contributed by atoms with van der Waals surface area (Å²) in [4.78, 5) is 0. The van der Waals surface area contributed by atoms with Crippen LogP contribution in [0.25, 0.3) is 0 Å². The maximum atomic E-state index is 13.3. The molecule has 0 unspecified atom stereocenters. The van der Waals surface area contributed by atoms with Gasteiger partial charge in [0.2, 0.25) is 0 Å². The molecule has 3 heteroatoms. The van der Waals surface area contributed by atoms with Gasteiger partial charge in [0.15, 0.2) is 0 Å². The summed E-state index contributed by atoms with van der Waals surface area (Å²) in [5.74, 6) is -0.338. The standard InChI is InChI=1S/C10H9BrFN/c1-10(2,6-13)8-5-7(11)3-4-9(8)12/h3-5H,1-2H3. The van der Waals surface area contributed by atoms with E-state index in [-0.39, 0.29) is 5.82 Å². The third kappa shape index (κ3) is 2.07. The minimum Gasteiger partial charge on any atom is -0.207 e. The molecular formula is C10H9BrFN. The molecule has 0 aliphatic carbocycles. The van der Waals surface area contributed by atoms with Crippen molar-refractivity contribution in [3.8, 4) is 6.07 Å². The first-order chi connectivity index (χ1) is 5.97. The summed E-state index contributed by atoms with van der Waals surface area (Å²) in [6.45, 7) is 3.38. The zero-order valence-corrected chi connectivity index (χ0v) is 9.02. The van der Waals surface area contributed by atoms with E-state index in [9.17, 15) is 4.39 Å². The van der Waals surface area contributed by atoms with E-state index in [4.69, 9.17) is 5.26 Å². The summed E-state index contributed by atoms with van der Waals surface area (Å²) in [6, 6.07) is 6.68. The van der Waals surface area contributed by atoms with Crippen molar-refractivity contribution in [3.05, 3.63) is 34.1 Å². The molecule has 0 saturated carbocycles. The molecule has 0 aromatic heterocycles. The van der Waals surface area contributed by atoms with E-state index >= 15 is 0 Å². The molecule has 1 nitrogen and oxygen atoms in total. The average Bonchev–Trinajstić information content (AvgIpc) is 2.09. The number of halogens is 2. The highest BCUT2D eigenvalue weighted by atomic mass is 79.9. The van der Waals surface area contributed by atoms with Gasteiger partial charge in [-0.3, -0.25) is 0 Å². The average molecular weight is 242 g/mol. The SMILES string of the molecule is CC(C)(C#N)c1cc(Br)ccc1F. The van der Waals surface area contributed by atoms with Gasteiger partial charge in [-0.1, -0.05) is 15.9 Å². The third-order valence-corrected chi connectivity index (χ3v) is 2.37. The van der Waals surface area contributed by atoms with Crippen molar-refractivity contribution >= 4 is 15.9 Å². The molecule has 0 fully saturated rings. The first kappa shape index (κ1) is 10.2. The van der Waals surface area contributed by atoms with Crippen LogP contribution in [0, 0.1) is 17.1 Å². The Bertz CT molecular complexity index is 366. The fraction of sp³-hybridized carbons (Fsp3) is 0.300. The second-order valence-electron chi connectivity index (χ2n) is 3.36. The minimum absolute atomic E-state index is 0.338. The Morgan fingerprint density at radius 1 is 1.46 bits per heavy atom. The van der Waals surface area contributed by atoms with Crippen LogP contribution in [0.2, 0.25) is 0 Å². The Morgan fingerprint density at radius 3 is 2.62 bits per heavy atom. The number of nitrogens with zero attached hydrogens (tertiary/aromatic N) is 1. The highest BCUT2D eigenvalue weighted by Gasteiger charge is 2.23. The second-order valence-corrected chi connectivity index (χ2v) is 4.28. The molecule has 0 heterocycles. The monoisotopic (exact) mass is 241 g/mol. The zero-order valence-electron chi connectivity index (χ0n) is 7.44. The van der Waals surface area contributed by atoms with Crippen LogP contribution in [0.5, 0.6) is 0 Å². The molecule has 0 aliphatic rings. The summed E-state index contributed by atoms with van der Waals surface area (Å²) in [6.07, 6.45) is 0. The van der Waals surface area contributed by atoms with E-state index in [0.29, 0.717) is 5.56 Å². The molecule has 68 valence electrons.